The number of ether oxygens (including phenoxy) is 1. The van der Waals surface area contributed by atoms with E-state index in [-0.39, 0.29) is 22.9 Å². The van der Waals surface area contributed by atoms with E-state index >= 15 is 4.39 Å². The van der Waals surface area contributed by atoms with Gasteiger partial charge in [-0.25, -0.2) is 18.6 Å². The maximum atomic E-state index is 15.7. The first-order chi connectivity index (χ1) is 23.1. The number of anilines is 1. The number of nitrogens with zero attached hydrogens (tertiary/aromatic N) is 5. The Balaban J connectivity index is 1.53. The van der Waals surface area contributed by atoms with E-state index in [4.69, 9.17) is 9.72 Å². The number of halogens is 2. The lowest BCUT2D eigenvalue weighted by Crippen LogP contribution is -2.59. The Morgan fingerprint density at radius 3 is 2.54 bits per heavy atom. The minimum Gasteiger partial charge on any atom is -0.425 e. The third-order valence-corrected chi connectivity index (χ3v) is 9.18. The van der Waals surface area contributed by atoms with E-state index in [0.717, 1.165) is 28.3 Å². The zero-order chi connectivity index (χ0) is 34.4. The highest BCUT2D eigenvalue weighted by Gasteiger charge is 2.51. The SMILES string of the molecule is CCNC(C)C(=O)Oc1c(C)cc(C[N+]2=C[N@+](CCCCO)(c3ccc(F)cc3F)N(c3nc(-c4ccc(C#N)cc4)cs3)C2)cc1C. The summed E-state index contributed by atoms with van der Waals surface area (Å²) in [5.41, 5.74) is 4.96. The number of aliphatic hydroxyl groups excluding tert-OH is 1. The third kappa shape index (κ3) is 7.45. The summed E-state index contributed by atoms with van der Waals surface area (Å²) in [5.74, 6) is -1.18. The molecule has 0 aliphatic carbocycles. The van der Waals surface area contributed by atoms with Gasteiger partial charge in [-0.1, -0.05) is 35.0 Å². The number of aliphatic hydroxyl groups is 1. The number of carbonyl (C=O) groups excluding carboxylic acids is 1. The highest BCUT2D eigenvalue weighted by atomic mass is 32.1. The van der Waals surface area contributed by atoms with Crippen LogP contribution in [0, 0.1) is 36.8 Å². The van der Waals surface area contributed by atoms with Crippen molar-refractivity contribution in [3.63, 3.8) is 0 Å². The molecule has 1 unspecified atom stereocenters. The lowest BCUT2D eigenvalue weighted by molar-refractivity contribution is -0.531. The first kappa shape index (κ1) is 34.8. The van der Waals surface area contributed by atoms with Gasteiger partial charge in [-0.2, -0.15) is 9.84 Å². The topological polar surface area (TPSA) is 101 Å². The van der Waals surface area contributed by atoms with Gasteiger partial charge >= 0.3 is 12.3 Å². The molecule has 0 saturated heterocycles. The molecule has 1 aliphatic heterocycles. The summed E-state index contributed by atoms with van der Waals surface area (Å²) in [6, 6.07) is 16.4. The number of hydrogen-bond donors (Lipinski definition) is 2. The predicted molar refractivity (Wildman–Crippen MR) is 184 cm³/mol. The van der Waals surface area contributed by atoms with Crippen LogP contribution >= 0.6 is 11.3 Å². The van der Waals surface area contributed by atoms with Crippen LogP contribution in [-0.2, 0) is 11.3 Å². The third-order valence-electron chi connectivity index (χ3n) is 8.33. The summed E-state index contributed by atoms with van der Waals surface area (Å²) >= 11 is 1.41. The predicted octanol–water partition coefficient (Wildman–Crippen LogP) is 6.19. The Morgan fingerprint density at radius 1 is 1.17 bits per heavy atom. The van der Waals surface area contributed by atoms with E-state index < -0.39 is 17.7 Å². The number of benzene rings is 3. The van der Waals surface area contributed by atoms with Gasteiger partial charge in [-0.05, 0) is 75.2 Å². The molecule has 12 heteroatoms. The van der Waals surface area contributed by atoms with Gasteiger partial charge in [0.15, 0.2) is 12.4 Å². The Labute approximate surface area is 283 Å². The highest BCUT2D eigenvalue weighted by Crippen LogP contribution is 2.38. The van der Waals surface area contributed by atoms with Crippen LogP contribution in [-0.4, -0.2) is 59.4 Å². The second-order valence-corrected chi connectivity index (χ2v) is 12.8. The Kier molecular flexibility index (Phi) is 11.0. The molecule has 0 fully saturated rings. The van der Waals surface area contributed by atoms with E-state index in [9.17, 15) is 19.6 Å². The van der Waals surface area contributed by atoms with Crippen molar-refractivity contribution >= 4 is 34.5 Å². The van der Waals surface area contributed by atoms with Crippen LogP contribution in [0.25, 0.3) is 11.3 Å². The largest absolute Gasteiger partial charge is 0.425 e. The summed E-state index contributed by atoms with van der Waals surface area (Å²) in [5, 5.41) is 26.5. The van der Waals surface area contributed by atoms with Crippen LogP contribution < -0.4 is 19.7 Å². The molecule has 4 aromatic rings. The first-order valence-corrected chi connectivity index (χ1v) is 16.8. The van der Waals surface area contributed by atoms with Gasteiger partial charge in [0.05, 0.1) is 17.3 Å². The van der Waals surface area contributed by atoms with Crippen molar-refractivity contribution in [2.24, 2.45) is 0 Å². The number of esters is 1. The minimum atomic E-state index is -0.685. The van der Waals surface area contributed by atoms with Crippen molar-refractivity contribution in [3.05, 3.63) is 93.9 Å². The molecule has 3 aromatic carbocycles. The number of hydrogen-bond acceptors (Lipinski definition) is 8. The molecule has 0 radical (unpaired) electrons. The second kappa shape index (κ2) is 15.1. The van der Waals surface area contributed by atoms with Crippen LogP contribution in [0.5, 0.6) is 5.75 Å². The molecule has 2 atom stereocenters. The molecule has 0 spiro atoms. The van der Waals surface area contributed by atoms with E-state index in [1.54, 1.807) is 19.1 Å². The smallest absolute Gasteiger partial charge is 0.359 e. The van der Waals surface area contributed by atoms with Crippen LogP contribution in [0.4, 0.5) is 19.6 Å². The maximum Gasteiger partial charge on any atom is 0.359 e. The lowest BCUT2D eigenvalue weighted by atomic mass is 10.1. The van der Waals surface area contributed by atoms with Crippen LogP contribution in [0.3, 0.4) is 0 Å². The lowest BCUT2D eigenvalue weighted by Gasteiger charge is -2.33. The second-order valence-electron chi connectivity index (χ2n) is 11.9. The van der Waals surface area contributed by atoms with Gasteiger partial charge in [0, 0.05) is 41.7 Å². The fourth-order valence-electron chi connectivity index (χ4n) is 6.05. The molecule has 2 heterocycles. The number of aromatic nitrogens is 1. The van der Waals surface area contributed by atoms with Crippen LogP contribution in [0.2, 0.25) is 0 Å². The van der Waals surface area contributed by atoms with Crippen molar-refractivity contribution in [2.75, 3.05) is 31.4 Å². The van der Waals surface area contributed by atoms with Crippen molar-refractivity contribution in [3.8, 4) is 23.1 Å². The summed E-state index contributed by atoms with van der Waals surface area (Å²) < 4.78 is 37.7. The van der Waals surface area contributed by atoms with Crippen LogP contribution in [0.15, 0.2) is 60.0 Å². The standard InChI is InChI=1S/C36H40F2N6O3S/c1-5-40-26(4)35(46)47-34-24(2)16-28(17-25(34)3)20-42-22-43(36-41-32(21-48-36)29-10-8-27(19-39)9-11-29)44(23-42,14-6-7-15-45)33-13-12-30(37)18-31(33)38/h8-13,16-18,21,23,26,40,45H,5-7,14-15,20,22H2,1-4H3/q+2/t26?,44-/m1/s1. The Hall–Kier alpha value is -4.54. The molecule has 0 saturated carbocycles. The number of thiazole rings is 1. The highest BCUT2D eigenvalue weighted by molar-refractivity contribution is 7.14. The number of nitriles is 1. The molecule has 5 rings (SSSR count). The number of aryl methyl sites for hydroxylation is 2. The van der Waals surface area contributed by atoms with E-state index in [2.05, 4.69) is 16.0 Å². The zero-order valence-electron chi connectivity index (χ0n) is 27.5. The monoisotopic (exact) mass is 674 g/mol. The fourth-order valence-corrected chi connectivity index (χ4v) is 6.93. The summed E-state index contributed by atoms with van der Waals surface area (Å²) in [4.78, 5) is 17.6. The summed E-state index contributed by atoms with van der Waals surface area (Å²) in [6.45, 7) is 9.32. The quantitative estimate of drug-likeness (QED) is 0.0573. The number of carbonyl (C=O) groups is 1. The van der Waals surface area contributed by atoms with Gasteiger partial charge in [-0.15, -0.1) is 5.01 Å². The molecule has 0 bridgehead atoms. The maximum absolute atomic E-state index is 15.7. The summed E-state index contributed by atoms with van der Waals surface area (Å²) in [7, 11) is 0. The van der Waals surface area contributed by atoms with E-state index in [0.29, 0.717) is 61.3 Å². The van der Waals surface area contributed by atoms with Crippen molar-refractivity contribution in [2.45, 2.75) is 53.1 Å². The molecular weight excluding hydrogens is 634 g/mol. The molecule has 0 amide bonds. The van der Waals surface area contributed by atoms with E-state index in [1.165, 1.54) is 23.5 Å². The number of unbranched alkanes of at least 4 members (excludes halogenated alkanes) is 1. The molecule has 1 aliphatic rings. The van der Waals surface area contributed by atoms with Gasteiger partial charge in [-0.3, -0.25) is 0 Å². The number of nitrogens with one attached hydrogen (secondary N) is 1. The molecule has 1 aromatic heterocycles. The zero-order valence-corrected chi connectivity index (χ0v) is 28.4. The number of rotatable bonds is 13. The molecule has 2 N–H and O–H groups in total. The fraction of sp³-hybridized carbons (Fsp3) is 0.333. The normalized spacial score (nSPS) is 16.5. The Bertz CT molecular complexity index is 1830. The average Bonchev–Trinajstić information content (AvgIpc) is 3.68. The molecule has 48 heavy (non-hydrogen) atoms. The minimum absolute atomic E-state index is 0.0154. The molecule has 9 nitrogen and oxygen atoms in total. The van der Waals surface area contributed by atoms with Gasteiger partial charge in [0.1, 0.15) is 24.2 Å². The molecule has 250 valence electrons. The van der Waals surface area contributed by atoms with Crippen molar-refractivity contribution < 1.29 is 28.0 Å². The van der Waals surface area contributed by atoms with Crippen molar-refractivity contribution in [1.29, 1.82) is 5.26 Å². The number of likely N-dealkylation sites (N-methyl/N-ethyl adjacent to an activating group) is 1. The summed E-state index contributed by atoms with van der Waals surface area (Å²) in [6.07, 6.45) is 3.00. The number of quaternary nitrogens is 1. The Morgan fingerprint density at radius 2 is 1.90 bits per heavy atom. The molecular formula is C36H40F2N6O3S+2. The first-order valence-electron chi connectivity index (χ1n) is 15.9. The van der Waals surface area contributed by atoms with Gasteiger partial charge < -0.3 is 15.2 Å². The van der Waals surface area contributed by atoms with Gasteiger partial charge in [0.25, 0.3) is 6.67 Å². The van der Waals surface area contributed by atoms with Crippen molar-refractivity contribution in [1.82, 2.24) is 14.9 Å². The average molecular weight is 675 g/mol. The van der Waals surface area contributed by atoms with Crippen LogP contribution in [0.1, 0.15) is 48.9 Å². The van der Waals surface area contributed by atoms with Gasteiger partial charge in [0.2, 0.25) is 10.8 Å². The van der Waals surface area contributed by atoms with E-state index in [1.807, 2.05) is 61.8 Å².